The highest BCUT2D eigenvalue weighted by molar-refractivity contribution is 5.84. The summed E-state index contributed by atoms with van der Waals surface area (Å²) < 4.78 is 1.63. The van der Waals surface area contributed by atoms with Gasteiger partial charge in [-0.15, -0.1) is 5.10 Å². The lowest BCUT2D eigenvalue weighted by Crippen LogP contribution is -2.26. The van der Waals surface area contributed by atoms with Gasteiger partial charge in [-0.25, -0.2) is 14.6 Å². The molecule has 1 N–H and O–H groups in total. The first-order chi connectivity index (χ1) is 8.13. The van der Waals surface area contributed by atoms with E-state index in [2.05, 4.69) is 20.3 Å². The first-order valence-electron chi connectivity index (χ1n) is 5.10. The van der Waals surface area contributed by atoms with E-state index in [9.17, 15) is 4.79 Å². The zero-order valence-electron chi connectivity index (χ0n) is 9.53. The highest BCUT2D eigenvalue weighted by Crippen LogP contribution is 2.18. The zero-order valence-corrected chi connectivity index (χ0v) is 9.53. The summed E-state index contributed by atoms with van der Waals surface area (Å²) in [4.78, 5) is 20.3. The van der Waals surface area contributed by atoms with Gasteiger partial charge in [0.25, 0.3) is 0 Å². The molecule has 2 rings (SSSR count). The molecular formula is C9H12N6O2. The number of hydrogen-bond donors (Lipinski definition) is 1. The highest BCUT2D eigenvalue weighted by Gasteiger charge is 2.15. The topological polar surface area (TPSA) is 97.0 Å². The Labute approximate surface area is 96.9 Å². The molecule has 0 atom stereocenters. The number of aromatic nitrogens is 5. The zero-order chi connectivity index (χ0) is 12.4. The quantitative estimate of drug-likeness (QED) is 0.782. The normalized spacial score (nSPS) is 10.7. The van der Waals surface area contributed by atoms with Crippen LogP contribution in [0.4, 0.5) is 5.82 Å². The molecular weight excluding hydrogens is 224 g/mol. The van der Waals surface area contributed by atoms with Crippen molar-refractivity contribution in [1.29, 1.82) is 0 Å². The Morgan fingerprint density at radius 1 is 1.53 bits per heavy atom. The monoisotopic (exact) mass is 236 g/mol. The Hall–Kier alpha value is -2.25. The average molecular weight is 236 g/mol. The van der Waals surface area contributed by atoms with Gasteiger partial charge in [-0.05, 0) is 6.92 Å². The Morgan fingerprint density at radius 2 is 2.29 bits per heavy atom. The number of anilines is 1. The third kappa shape index (κ3) is 2.01. The van der Waals surface area contributed by atoms with E-state index in [0.717, 1.165) is 0 Å². The smallest absolute Gasteiger partial charge is 0.323 e. The van der Waals surface area contributed by atoms with Gasteiger partial charge in [0.05, 0.1) is 0 Å². The van der Waals surface area contributed by atoms with Crippen LogP contribution in [0, 0.1) is 0 Å². The Kier molecular flexibility index (Phi) is 2.86. The SMILES string of the molecule is CCn1nnc2c(N(C)CC(=O)O)ncnc21. The molecule has 0 aliphatic heterocycles. The summed E-state index contributed by atoms with van der Waals surface area (Å²) in [5, 5.41) is 16.6. The molecule has 0 spiro atoms. The lowest BCUT2D eigenvalue weighted by molar-refractivity contribution is -0.135. The molecule has 0 bridgehead atoms. The largest absolute Gasteiger partial charge is 0.480 e. The fourth-order valence-electron chi connectivity index (χ4n) is 1.55. The van der Waals surface area contributed by atoms with Gasteiger partial charge in [-0.2, -0.15) is 0 Å². The fraction of sp³-hybridized carbons (Fsp3) is 0.444. The molecule has 0 aromatic carbocycles. The predicted octanol–water partition coefficient (Wildman–Crippen LogP) is -0.238. The third-order valence-corrected chi connectivity index (χ3v) is 2.31. The lowest BCUT2D eigenvalue weighted by atomic mass is 10.4. The van der Waals surface area contributed by atoms with Crippen LogP contribution < -0.4 is 4.90 Å². The second kappa shape index (κ2) is 4.32. The number of rotatable bonds is 4. The molecule has 0 radical (unpaired) electrons. The van der Waals surface area contributed by atoms with Crippen molar-refractivity contribution in [2.75, 3.05) is 18.5 Å². The van der Waals surface area contributed by atoms with Crippen LogP contribution in [0.1, 0.15) is 6.92 Å². The molecule has 0 saturated heterocycles. The van der Waals surface area contributed by atoms with Crippen molar-refractivity contribution in [3.8, 4) is 0 Å². The van der Waals surface area contributed by atoms with E-state index < -0.39 is 5.97 Å². The number of carboxylic acids is 1. The van der Waals surface area contributed by atoms with Crippen LogP contribution >= 0.6 is 0 Å². The van der Waals surface area contributed by atoms with Crippen molar-refractivity contribution in [3.63, 3.8) is 0 Å². The molecule has 0 fully saturated rings. The molecule has 0 aliphatic rings. The first-order valence-corrected chi connectivity index (χ1v) is 5.10. The van der Waals surface area contributed by atoms with Gasteiger partial charge in [-0.1, -0.05) is 5.21 Å². The van der Waals surface area contributed by atoms with Crippen LogP contribution in [0.5, 0.6) is 0 Å². The van der Waals surface area contributed by atoms with E-state index in [0.29, 0.717) is 23.5 Å². The second-order valence-corrected chi connectivity index (χ2v) is 3.52. The number of carbonyl (C=O) groups is 1. The van der Waals surface area contributed by atoms with Crippen LogP contribution in [0.3, 0.4) is 0 Å². The van der Waals surface area contributed by atoms with Crippen LogP contribution in [-0.4, -0.2) is 49.6 Å². The molecule has 2 heterocycles. The molecule has 17 heavy (non-hydrogen) atoms. The van der Waals surface area contributed by atoms with Crippen LogP contribution in [0.15, 0.2) is 6.33 Å². The summed E-state index contributed by atoms with van der Waals surface area (Å²) >= 11 is 0. The Balaban J connectivity index is 2.47. The minimum Gasteiger partial charge on any atom is -0.480 e. The minimum absolute atomic E-state index is 0.148. The van der Waals surface area contributed by atoms with Crippen molar-refractivity contribution in [3.05, 3.63) is 6.33 Å². The number of carboxylic acid groups (broad SMARTS) is 1. The summed E-state index contributed by atoms with van der Waals surface area (Å²) in [6.07, 6.45) is 1.38. The Bertz CT molecular complexity index is 551. The molecule has 8 heteroatoms. The van der Waals surface area contributed by atoms with Crippen LogP contribution in [0.25, 0.3) is 11.2 Å². The van der Waals surface area contributed by atoms with Crippen molar-refractivity contribution in [1.82, 2.24) is 25.0 Å². The maximum absolute atomic E-state index is 10.7. The van der Waals surface area contributed by atoms with Gasteiger partial charge < -0.3 is 10.0 Å². The van der Waals surface area contributed by atoms with E-state index >= 15 is 0 Å². The second-order valence-electron chi connectivity index (χ2n) is 3.52. The van der Waals surface area contributed by atoms with Gasteiger partial charge in [0.1, 0.15) is 12.9 Å². The third-order valence-electron chi connectivity index (χ3n) is 2.31. The first kappa shape index (κ1) is 11.2. The van der Waals surface area contributed by atoms with Crippen molar-refractivity contribution in [2.24, 2.45) is 0 Å². The van der Waals surface area contributed by atoms with Gasteiger partial charge in [0, 0.05) is 13.6 Å². The molecule has 0 saturated carbocycles. The minimum atomic E-state index is -0.929. The molecule has 0 unspecified atom stereocenters. The average Bonchev–Trinajstić information content (AvgIpc) is 2.70. The van der Waals surface area contributed by atoms with Crippen molar-refractivity contribution < 1.29 is 9.90 Å². The van der Waals surface area contributed by atoms with E-state index in [-0.39, 0.29) is 6.54 Å². The molecule has 2 aromatic heterocycles. The van der Waals surface area contributed by atoms with E-state index in [4.69, 9.17) is 5.11 Å². The summed E-state index contributed by atoms with van der Waals surface area (Å²) in [7, 11) is 1.64. The summed E-state index contributed by atoms with van der Waals surface area (Å²) in [6, 6.07) is 0. The standard InChI is InChI=1S/C9H12N6O2/c1-3-15-9-7(12-13-15)8(10-5-11-9)14(2)4-6(16)17/h5H,3-4H2,1-2H3,(H,16,17). The molecule has 2 aromatic rings. The number of hydrogen-bond acceptors (Lipinski definition) is 6. The maximum Gasteiger partial charge on any atom is 0.323 e. The summed E-state index contributed by atoms with van der Waals surface area (Å²) in [5.74, 6) is -0.459. The van der Waals surface area contributed by atoms with Gasteiger partial charge in [0.15, 0.2) is 17.0 Å². The lowest BCUT2D eigenvalue weighted by Gasteiger charge is -2.14. The maximum atomic E-state index is 10.7. The predicted molar refractivity (Wildman–Crippen MR) is 59.7 cm³/mol. The van der Waals surface area contributed by atoms with E-state index in [1.165, 1.54) is 11.2 Å². The molecule has 0 aliphatic carbocycles. The highest BCUT2D eigenvalue weighted by atomic mass is 16.4. The summed E-state index contributed by atoms with van der Waals surface area (Å²) in [5.41, 5.74) is 1.12. The van der Waals surface area contributed by atoms with Crippen LogP contribution in [-0.2, 0) is 11.3 Å². The molecule has 0 amide bonds. The number of aryl methyl sites for hydroxylation is 1. The van der Waals surface area contributed by atoms with Crippen molar-refractivity contribution in [2.45, 2.75) is 13.5 Å². The van der Waals surface area contributed by atoms with Crippen LogP contribution in [0.2, 0.25) is 0 Å². The van der Waals surface area contributed by atoms with Gasteiger partial charge in [0.2, 0.25) is 0 Å². The number of fused-ring (bicyclic) bond motifs is 1. The van der Waals surface area contributed by atoms with Gasteiger partial charge in [-0.3, -0.25) is 4.79 Å². The fourth-order valence-corrected chi connectivity index (χ4v) is 1.55. The van der Waals surface area contributed by atoms with E-state index in [1.54, 1.807) is 11.7 Å². The van der Waals surface area contributed by atoms with Gasteiger partial charge >= 0.3 is 5.97 Å². The molecule has 90 valence electrons. The molecule has 8 nitrogen and oxygen atoms in total. The summed E-state index contributed by atoms with van der Waals surface area (Å²) in [6.45, 7) is 2.43. The number of likely N-dealkylation sites (N-methyl/N-ethyl adjacent to an activating group) is 1. The Morgan fingerprint density at radius 3 is 2.94 bits per heavy atom. The number of aliphatic carboxylic acids is 1. The van der Waals surface area contributed by atoms with Crippen molar-refractivity contribution >= 4 is 23.0 Å². The van der Waals surface area contributed by atoms with E-state index in [1.807, 2.05) is 6.92 Å². The number of nitrogens with zero attached hydrogens (tertiary/aromatic N) is 6.